The monoisotopic (exact) mass is 214 g/mol. The van der Waals surface area contributed by atoms with Crippen LogP contribution in [0.3, 0.4) is 0 Å². The molecule has 1 heterocycles. The fraction of sp³-hybridized carbons (Fsp3) is 0.556. The van der Waals surface area contributed by atoms with Crippen LogP contribution in [0.15, 0.2) is 6.20 Å². The quantitative estimate of drug-likeness (QED) is 0.809. The third-order valence-corrected chi connectivity index (χ3v) is 2.96. The first-order valence-corrected chi connectivity index (χ1v) is 5.40. The first-order valence-electron chi connectivity index (χ1n) is 4.58. The van der Waals surface area contributed by atoms with Crippen molar-refractivity contribution in [2.24, 2.45) is 0 Å². The van der Waals surface area contributed by atoms with Gasteiger partial charge in [0.25, 0.3) is 0 Å². The van der Waals surface area contributed by atoms with E-state index in [1.54, 1.807) is 6.20 Å². The van der Waals surface area contributed by atoms with E-state index in [0.717, 1.165) is 23.1 Å². The number of rotatable bonds is 5. The minimum Gasteiger partial charge on any atom is -0.481 e. The second kappa shape index (κ2) is 4.95. The summed E-state index contributed by atoms with van der Waals surface area (Å²) in [5, 5.41) is 9.50. The van der Waals surface area contributed by atoms with Crippen molar-refractivity contribution in [2.45, 2.75) is 20.3 Å². The van der Waals surface area contributed by atoms with Crippen molar-refractivity contribution >= 4 is 22.4 Å². The molecule has 0 radical (unpaired) electrons. The van der Waals surface area contributed by atoms with Crippen LogP contribution < -0.4 is 4.90 Å². The van der Waals surface area contributed by atoms with Crippen molar-refractivity contribution in [3.05, 3.63) is 11.1 Å². The smallest absolute Gasteiger partial charge is 0.308 e. The van der Waals surface area contributed by atoms with Gasteiger partial charge in [-0.1, -0.05) is 0 Å². The molecular formula is C9H14N2O2S. The highest BCUT2D eigenvalue weighted by Crippen LogP contribution is 2.22. The standard InChI is InChI=1S/C9H14N2O2S/c1-3-11(4-2)9-10-6-7(14-9)5-8(12)13/h6H,3-5H2,1-2H3,(H,12,13). The molecule has 0 spiro atoms. The number of carbonyl (C=O) groups is 1. The summed E-state index contributed by atoms with van der Waals surface area (Å²) < 4.78 is 0. The van der Waals surface area contributed by atoms with E-state index in [-0.39, 0.29) is 6.42 Å². The van der Waals surface area contributed by atoms with Crippen LogP contribution in [-0.2, 0) is 11.2 Å². The van der Waals surface area contributed by atoms with E-state index in [9.17, 15) is 4.79 Å². The van der Waals surface area contributed by atoms with Crippen molar-refractivity contribution in [1.29, 1.82) is 0 Å². The van der Waals surface area contributed by atoms with Gasteiger partial charge in [0, 0.05) is 24.2 Å². The number of nitrogens with zero attached hydrogens (tertiary/aromatic N) is 2. The fourth-order valence-electron chi connectivity index (χ4n) is 1.17. The van der Waals surface area contributed by atoms with E-state index in [4.69, 9.17) is 5.11 Å². The molecule has 78 valence electrons. The van der Waals surface area contributed by atoms with Crippen LogP contribution >= 0.6 is 11.3 Å². The highest BCUT2D eigenvalue weighted by Gasteiger charge is 2.09. The SMILES string of the molecule is CCN(CC)c1ncc(CC(=O)O)s1. The van der Waals surface area contributed by atoms with E-state index in [2.05, 4.69) is 23.7 Å². The molecule has 0 amide bonds. The third kappa shape index (κ3) is 2.70. The van der Waals surface area contributed by atoms with Crippen LogP contribution in [0, 0.1) is 0 Å². The van der Waals surface area contributed by atoms with Gasteiger partial charge in [-0.25, -0.2) is 4.98 Å². The molecule has 1 rings (SSSR count). The summed E-state index contributed by atoms with van der Waals surface area (Å²) in [6.45, 7) is 5.91. The van der Waals surface area contributed by atoms with Gasteiger partial charge >= 0.3 is 5.97 Å². The first-order chi connectivity index (χ1) is 6.67. The fourth-order valence-corrected chi connectivity index (χ4v) is 2.20. The van der Waals surface area contributed by atoms with Crippen molar-refractivity contribution < 1.29 is 9.90 Å². The first kappa shape index (κ1) is 11.0. The maximum Gasteiger partial charge on any atom is 0.308 e. The third-order valence-electron chi connectivity index (χ3n) is 1.90. The predicted octanol–water partition coefficient (Wildman–Crippen LogP) is 1.62. The summed E-state index contributed by atoms with van der Waals surface area (Å²) in [6.07, 6.45) is 1.71. The molecule has 0 saturated heterocycles. The van der Waals surface area contributed by atoms with Gasteiger partial charge in [-0.15, -0.1) is 11.3 Å². The van der Waals surface area contributed by atoms with Crippen molar-refractivity contribution in [1.82, 2.24) is 4.98 Å². The molecule has 0 aromatic carbocycles. The number of carboxylic acid groups (broad SMARTS) is 1. The van der Waals surface area contributed by atoms with Gasteiger partial charge in [0.1, 0.15) is 0 Å². The molecule has 0 aliphatic carbocycles. The molecule has 0 fully saturated rings. The van der Waals surface area contributed by atoms with Crippen LogP contribution in [-0.4, -0.2) is 29.1 Å². The molecule has 0 unspecified atom stereocenters. The van der Waals surface area contributed by atoms with Gasteiger partial charge in [0.2, 0.25) is 0 Å². The molecule has 0 aliphatic heterocycles. The van der Waals surface area contributed by atoms with Gasteiger partial charge in [-0.05, 0) is 13.8 Å². The Bertz CT molecular complexity index is 308. The minimum atomic E-state index is -0.806. The summed E-state index contributed by atoms with van der Waals surface area (Å²) in [6, 6.07) is 0. The van der Waals surface area contributed by atoms with E-state index in [1.807, 2.05) is 0 Å². The van der Waals surface area contributed by atoms with Crippen LogP contribution in [0.25, 0.3) is 0 Å². The molecule has 0 saturated carbocycles. The molecule has 0 bridgehead atoms. The Morgan fingerprint density at radius 1 is 1.57 bits per heavy atom. The van der Waals surface area contributed by atoms with Gasteiger partial charge in [-0.3, -0.25) is 4.79 Å². The van der Waals surface area contributed by atoms with Gasteiger partial charge in [-0.2, -0.15) is 0 Å². The highest BCUT2D eigenvalue weighted by molar-refractivity contribution is 7.15. The summed E-state index contributed by atoms with van der Waals surface area (Å²) >= 11 is 1.45. The average Bonchev–Trinajstić information content (AvgIpc) is 2.54. The number of anilines is 1. The zero-order valence-electron chi connectivity index (χ0n) is 8.36. The van der Waals surface area contributed by atoms with Crippen LogP contribution in [0.2, 0.25) is 0 Å². The summed E-state index contributed by atoms with van der Waals surface area (Å²) in [4.78, 5) is 17.6. The number of aromatic nitrogens is 1. The number of hydrogen-bond donors (Lipinski definition) is 1. The van der Waals surface area contributed by atoms with Gasteiger partial charge < -0.3 is 10.0 Å². The molecule has 0 atom stereocenters. The van der Waals surface area contributed by atoms with E-state index >= 15 is 0 Å². The van der Waals surface area contributed by atoms with Crippen LogP contribution in [0.4, 0.5) is 5.13 Å². The molecule has 1 aromatic heterocycles. The Morgan fingerprint density at radius 2 is 2.21 bits per heavy atom. The normalized spacial score (nSPS) is 10.1. The summed E-state index contributed by atoms with van der Waals surface area (Å²) in [5.74, 6) is -0.806. The molecule has 14 heavy (non-hydrogen) atoms. The summed E-state index contributed by atoms with van der Waals surface area (Å²) in [7, 11) is 0. The number of carboxylic acids is 1. The lowest BCUT2D eigenvalue weighted by Crippen LogP contribution is -2.21. The summed E-state index contributed by atoms with van der Waals surface area (Å²) in [5.41, 5.74) is 0. The molecule has 4 nitrogen and oxygen atoms in total. The molecule has 0 aliphatic rings. The number of aliphatic carboxylic acids is 1. The Morgan fingerprint density at radius 3 is 2.71 bits per heavy atom. The van der Waals surface area contributed by atoms with Crippen molar-refractivity contribution in [2.75, 3.05) is 18.0 Å². The molecular weight excluding hydrogens is 200 g/mol. The van der Waals surface area contributed by atoms with Crippen LogP contribution in [0.5, 0.6) is 0 Å². The average molecular weight is 214 g/mol. The molecule has 1 N–H and O–H groups in total. The van der Waals surface area contributed by atoms with Gasteiger partial charge in [0.15, 0.2) is 5.13 Å². The lowest BCUT2D eigenvalue weighted by atomic mass is 10.4. The largest absolute Gasteiger partial charge is 0.481 e. The minimum absolute atomic E-state index is 0.0684. The predicted molar refractivity (Wildman–Crippen MR) is 57.0 cm³/mol. The zero-order chi connectivity index (χ0) is 10.6. The lowest BCUT2D eigenvalue weighted by molar-refractivity contribution is -0.136. The van der Waals surface area contributed by atoms with Gasteiger partial charge in [0.05, 0.1) is 6.42 Å². The second-order valence-electron chi connectivity index (χ2n) is 2.85. The molecule has 1 aromatic rings. The van der Waals surface area contributed by atoms with Crippen molar-refractivity contribution in [3.63, 3.8) is 0 Å². The topological polar surface area (TPSA) is 53.4 Å². The Labute approximate surface area is 87.2 Å². The Balaban J connectivity index is 2.71. The Hall–Kier alpha value is -1.10. The lowest BCUT2D eigenvalue weighted by Gasteiger charge is -2.16. The van der Waals surface area contributed by atoms with Crippen LogP contribution in [0.1, 0.15) is 18.7 Å². The second-order valence-corrected chi connectivity index (χ2v) is 3.95. The highest BCUT2D eigenvalue weighted by atomic mass is 32.1. The number of hydrogen-bond acceptors (Lipinski definition) is 4. The maximum absolute atomic E-state index is 10.5. The van der Waals surface area contributed by atoms with E-state index in [1.165, 1.54) is 11.3 Å². The van der Waals surface area contributed by atoms with E-state index < -0.39 is 5.97 Å². The van der Waals surface area contributed by atoms with E-state index in [0.29, 0.717) is 0 Å². The Kier molecular flexibility index (Phi) is 3.88. The molecule has 5 heteroatoms. The van der Waals surface area contributed by atoms with Crippen molar-refractivity contribution in [3.8, 4) is 0 Å². The zero-order valence-corrected chi connectivity index (χ0v) is 9.17. The number of thiazole rings is 1. The maximum atomic E-state index is 10.5.